The minimum Gasteiger partial charge on any atom is -0.494 e. The van der Waals surface area contributed by atoms with E-state index in [1.54, 1.807) is 79.7 Å². The number of sulfonamides is 1. The fraction of sp³-hybridized carbons (Fsp3) is 0.194. The first kappa shape index (κ1) is 30.1. The highest BCUT2D eigenvalue weighted by Crippen LogP contribution is 2.26. The lowest BCUT2D eigenvalue weighted by Crippen LogP contribution is -2.39. The van der Waals surface area contributed by atoms with Crippen LogP contribution < -0.4 is 14.5 Å². The summed E-state index contributed by atoms with van der Waals surface area (Å²) in [5, 5.41) is 3.94. The molecule has 42 heavy (non-hydrogen) atoms. The van der Waals surface area contributed by atoms with Crippen LogP contribution in [0.5, 0.6) is 5.75 Å². The zero-order chi connectivity index (χ0) is 30.1. The molecule has 1 aromatic heterocycles. The fourth-order valence-electron chi connectivity index (χ4n) is 3.92. The van der Waals surface area contributed by atoms with Gasteiger partial charge in [0.25, 0.3) is 15.9 Å². The maximum absolute atomic E-state index is 13.6. The molecule has 0 bridgehead atoms. The number of furan rings is 1. The van der Waals surface area contributed by atoms with Gasteiger partial charge in [0.1, 0.15) is 23.8 Å². The lowest BCUT2D eigenvalue weighted by atomic mass is 10.1. The smallest absolute Gasteiger partial charge is 0.338 e. The maximum atomic E-state index is 13.6. The molecule has 0 saturated heterocycles. The van der Waals surface area contributed by atoms with Gasteiger partial charge in [0.05, 0.1) is 35.6 Å². The van der Waals surface area contributed by atoms with Crippen LogP contribution >= 0.6 is 0 Å². The second kappa shape index (κ2) is 13.6. The van der Waals surface area contributed by atoms with Crippen molar-refractivity contribution in [3.8, 4) is 17.1 Å². The van der Waals surface area contributed by atoms with Crippen molar-refractivity contribution in [3.63, 3.8) is 0 Å². The van der Waals surface area contributed by atoms with E-state index in [1.165, 1.54) is 18.3 Å². The number of carbonyl (C=O) groups excluding carboxylic acids is 2. The number of anilines is 1. The Balaban J connectivity index is 1.45. The summed E-state index contributed by atoms with van der Waals surface area (Å²) in [5.74, 6) is 0.380. The number of rotatable bonds is 12. The molecule has 1 heterocycles. The number of carbonyl (C=O) groups is 2. The van der Waals surface area contributed by atoms with Crippen molar-refractivity contribution in [3.05, 3.63) is 102 Å². The number of aryl methyl sites for hydroxylation is 1. The lowest BCUT2D eigenvalue weighted by molar-refractivity contribution is -0.119. The lowest BCUT2D eigenvalue weighted by Gasteiger charge is -2.24. The van der Waals surface area contributed by atoms with Crippen molar-refractivity contribution in [1.29, 1.82) is 0 Å². The van der Waals surface area contributed by atoms with Crippen LogP contribution in [0.4, 0.5) is 5.69 Å². The van der Waals surface area contributed by atoms with Gasteiger partial charge >= 0.3 is 5.97 Å². The molecule has 1 amide bonds. The quantitative estimate of drug-likeness (QED) is 0.137. The normalized spacial score (nSPS) is 11.3. The summed E-state index contributed by atoms with van der Waals surface area (Å²) >= 11 is 0. The molecule has 3 aromatic carbocycles. The van der Waals surface area contributed by atoms with E-state index in [0.717, 1.165) is 15.4 Å². The van der Waals surface area contributed by atoms with Crippen LogP contribution in [-0.2, 0) is 19.6 Å². The SMILES string of the molecule is CCOC(=O)c1ccc(-c2ccc(/C=N\NC(=O)CN(c3ccc(C)cc3)S(=O)(=O)c3ccc(OCC)cc3)o2)cc1. The Kier molecular flexibility index (Phi) is 9.77. The van der Waals surface area contributed by atoms with Gasteiger partial charge in [-0.05, 0) is 81.4 Å². The van der Waals surface area contributed by atoms with Crippen LogP contribution in [-0.4, -0.2) is 46.3 Å². The highest BCUT2D eigenvalue weighted by Gasteiger charge is 2.27. The third-order valence-electron chi connectivity index (χ3n) is 6.02. The van der Waals surface area contributed by atoms with Crippen molar-refractivity contribution in [2.45, 2.75) is 25.7 Å². The number of hydrogen-bond donors (Lipinski definition) is 1. The topological polar surface area (TPSA) is 128 Å². The van der Waals surface area contributed by atoms with E-state index >= 15 is 0 Å². The number of nitrogens with one attached hydrogen (secondary N) is 1. The molecule has 4 rings (SSSR count). The Labute approximate surface area is 244 Å². The first-order valence-corrected chi connectivity index (χ1v) is 14.7. The number of ether oxygens (including phenoxy) is 2. The van der Waals surface area contributed by atoms with Gasteiger partial charge in [0, 0.05) is 5.56 Å². The van der Waals surface area contributed by atoms with Crippen LogP contribution in [0.15, 0.2) is 99.3 Å². The van der Waals surface area contributed by atoms with Gasteiger partial charge in [-0.3, -0.25) is 9.10 Å². The minimum absolute atomic E-state index is 0.0150. The largest absolute Gasteiger partial charge is 0.494 e. The highest BCUT2D eigenvalue weighted by molar-refractivity contribution is 7.92. The van der Waals surface area contributed by atoms with Gasteiger partial charge < -0.3 is 13.9 Å². The first-order valence-electron chi connectivity index (χ1n) is 13.2. The predicted molar refractivity (Wildman–Crippen MR) is 159 cm³/mol. The average molecular weight is 590 g/mol. The average Bonchev–Trinajstić information content (AvgIpc) is 3.46. The molecule has 4 aromatic rings. The monoisotopic (exact) mass is 589 g/mol. The molecule has 10 nitrogen and oxygen atoms in total. The standard InChI is InChI=1S/C31H31N3O7S/c1-4-39-26-14-17-28(18-15-26)42(37,38)34(25-12-6-22(3)7-13-25)21-30(35)33-32-20-27-16-19-29(41-27)23-8-10-24(11-9-23)31(36)40-5-2/h6-20H,4-5,21H2,1-3H3,(H,33,35)/b32-20-. The predicted octanol–water partition coefficient (Wildman–Crippen LogP) is 5.18. The van der Waals surface area contributed by atoms with Crippen molar-refractivity contribution < 1.29 is 31.9 Å². The summed E-state index contributed by atoms with van der Waals surface area (Å²) in [6, 6.07) is 23.0. The summed E-state index contributed by atoms with van der Waals surface area (Å²) in [4.78, 5) is 24.7. The summed E-state index contributed by atoms with van der Waals surface area (Å²) in [6.45, 7) is 5.70. The van der Waals surface area contributed by atoms with Crippen LogP contribution in [0.25, 0.3) is 11.3 Å². The number of amides is 1. The van der Waals surface area contributed by atoms with Crippen LogP contribution in [0.3, 0.4) is 0 Å². The summed E-state index contributed by atoms with van der Waals surface area (Å²) < 4.78 is 44.3. The molecule has 0 aliphatic carbocycles. The van der Waals surface area contributed by atoms with E-state index in [0.29, 0.717) is 41.7 Å². The Morgan fingerprint density at radius 3 is 2.24 bits per heavy atom. The maximum Gasteiger partial charge on any atom is 0.338 e. The number of esters is 1. The van der Waals surface area contributed by atoms with Gasteiger partial charge in [0.2, 0.25) is 0 Å². The van der Waals surface area contributed by atoms with E-state index in [1.807, 2.05) is 13.8 Å². The molecule has 0 fully saturated rings. The molecule has 1 N–H and O–H groups in total. The molecule has 0 unspecified atom stereocenters. The highest BCUT2D eigenvalue weighted by atomic mass is 32.2. The van der Waals surface area contributed by atoms with Crippen molar-refractivity contribution >= 4 is 33.8 Å². The molecule has 0 atom stereocenters. The Morgan fingerprint density at radius 2 is 1.60 bits per heavy atom. The van der Waals surface area contributed by atoms with Crippen LogP contribution in [0.1, 0.15) is 35.5 Å². The van der Waals surface area contributed by atoms with Crippen molar-refractivity contribution in [1.82, 2.24) is 5.43 Å². The Hall–Kier alpha value is -4.90. The molecule has 0 aliphatic rings. The molecule has 218 valence electrons. The van der Waals surface area contributed by atoms with E-state index in [2.05, 4.69) is 10.5 Å². The van der Waals surface area contributed by atoms with Crippen molar-refractivity contribution in [2.24, 2.45) is 5.10 Å². The number of benzene rings is 3. The molecule has 11 heteroatoms. The number of nitrogens with zero attached hydrogens (tertiary/aromatic N) is 2. The first-order chi connectivity index (χ1) is 20.2. The molecule has 0 aliphatic heterocycles. The van der Waals surface area contributed by atoms with E-state index < -0.39 is 28.4 Å². The number of hydrogen-bond acceptors (Lipinski definition) is 8. The van der Waals surface area contributed by atoms with E-state index in [9.17, 15) is 18.0 Å². The second-order valence-corrected chi connectivity index (χ2v) is 10.9. The Morgan fingerprint density at radius 1 is 0.905 bits per heavy atom. The third kappa shape index (κ3) is 7.43. The molecule has 0 saturated carbocycles. The van der Waals surface area contributed by atoms with Crippen LogP contribution in [0, 0.1) is 6.92 Å². The van der Waals surface area contributed by atoms with E-state index in [-0.39, 0.29) is 4.90 Å². The van der Waals surface area contributed by atoms with Gasteiger partial charge in [-0.25, -0.2) is 18.6 Å². The Bertz CT molecular complexity index is 1640. The molecular weight excluding hydrogens is 558 g/mol. The third-order valence-corrected chi connectivity index (χ3v) is 7.81. The molecule has 0 radical (unpaired) electrons. The zero-order valence-corrected chi connectivity index (χ0v) is 24.3. The zero-order valence-electron chi connectivity index (χ0n) is 23.4. The van der Waals surface area contributed by atoms with Gasteiger partial charge in [0.15, 0.2) is 0 Å². The summed E-state index contributed by atoms with van der Waals surface area (Å²) in [5.41, 5.74) is 4.81. The summed E-state index contributed by atoms with van der Waals surface area (Å²) in [6.07, 6.45) is 1.31. The molecular formula is C31H31N3O7S. The summed E-state index contributed by atoms with van der Waals surface area (Å²) in [7, 11) is -4.09. The number of hydrazone groups is 1. The second-order valence-electron chi connectivity index (χ2n) is 9.04. The molecule has 0 spiro atoms. The van der Waals surface area contributed by atoms with Gasteiger partial charge in [-0.2, -0.15) is 5.10 Å². The van der Waals surface area contributed by atoms with E-state index in [4.69, 9.17) is 13.9 Å². The van der Waals surface area contributed by atoms with Crippen molar-refractivity contribution in [2.75, 3.05) is 24.1 Å². The van der Waals surface area contributed by atoms with Crippen LogP contribution in [0.2, 0.25) is 0 Å². The van der Waals surface area contributed by atoms with Gasteiger partial charge in [-0.15, -0.1) is 0 Å². The van der Waals surface area contributed by atoms with Gasteiger partial charge in [-0.1, -0.05) is 29.8 Å². The fourth-order valence-corrected chi connectivity index (χ4v) is 5.34. The minimum atomic E-state index is -4.09.